The highest BCUT2D eigenvalue weighted by atomic mass is 32.2. The molecule has 4 aromatic carbocycles. The first kappa shape index (κ1) is 33.0. The molecule has 0 bridgehead atoms. The van der Waals surface area contributed by atoms with Crippen LogP contribution in [-0.2, 0) is 32.6 Å². The predicted octanol–water partition coefficient (Wildman–Crippen LogP) is 4.81. The maximum atomic E-state index is 15.0. The number of benzene rings is 4. The van der Waals surface area contributed by atoms with E-state index in [1.807, 2.05) is 30.3 Å². The van der Waals surface area contributed by atoms with Crippen molar-refractivity contribution in [3.8, 4) is 11.5 Å². The quantitative estimate of drug-likeness (QED) is 0.214. The molecule has 1 N–H and O–H groups in total. The lowest BCUT2D eigenvalue weighted by Gasteiger charge is -2.34. The van der Waals surface area contributed by atoms with Crippen molar-refractivity contribution in [3.63, 3.8) is 0 Å². The van der Waals surface area contributed by atoms with Gasteiger partial charge in [-0.3, -0.25) is 13.9 Å². The summed E-state index contributed by atoms with van der Waals surface area (Å²) in [4.78, 5) is 29.1. The normalized spacial score (nSPS) is 11.7. The molecule has 236 valence electrons. The van der Waals surface area contributed by atoms with Crippen molar-refractivity contribution >= 4 is 27.5 Å². The molecule has 11 heteroatoms. The monoisotopic (exact) mass is 633 g/mol. The molecule has 4 rings (SSSR count). The number of ether oxygens (including phenoxy) is 2. The van der Waals surface area contributed by atoms with E-state index >= 15 is 0 Å². The van der Waals surface area contributed by atoms with Crippen molar-refractivity contribution in [2.45, 2.75) is 30.8 Å². The summed E-state index contributed by atoms with van der Waals surface area (Å²) in [5.74, 6) is -1.10. The number of nitrogens with one attached hydrogen (secondary N) is 1. The van der Waals surface area contributed by atoms with E-state index in [1.54, 1.807) is 31.2 Å². The van der Waals surface area contributed by atoms with E-state index in [0.717, 1.165) is 9.87 Å². The number of amides is 2. The second kappa shape index (κ2) is 15.2. The molecule has 9 nitrogen and oxygen atoms in total. The maximum absolute atomic E-state index is 15.0. The Morgan fingerprint density at radius 2 is 1.47 bits per heavy atom. The minimum atomic E-state index is -4.31. The lowest BCUT2D eigenvalue weighted by Crippen LogP contribution is -2.53. The molecule has 4 aromatic rings. The molecule has 2 amide bonds. The maximum Gasteiger partial charge on any atom is 0.264 e. The number of likely N-dealkylation sites (N-methyl/N-ethyl adjacent to an activating group) is 1. The average Bonchev–Trinajstić information content (AvgIpc) is 3.06. The van der Waals surface area contributed by atoms with E-state index in [9.17, 15) is 22.4 Å². The number of carbonyl (C=O) groups excluding carboxylic acids is 2. The second-order valence-electron chi connectivity index (χ2n) is 10.1. The van der Waals surface area contributed by atoms with Gasteiger partial charge in [0.15, 0.2) is 11.5 Å². The molecule has 0 heterocycles. The topological polar surface area (TPSA) is 105 Å². The molecule has 0 spiro atoms. The van der Waals surface area contributed by atoms with Gasteiger partial charge in [0.2, 0.25) is 11.8 Å². The third kappa shape index (κ3) is 7.98. The Kier molecular flexibility index (Phi) is 11.2. The van der Waals surface area contributed by atoms with E-state index < -0.39 is 40.2 Å². The molecule has 1 unspecified atom stereocenters. The lowest BCUT2D eigenvalue weighted by atomic mass is 10.0. The van der Waals surface area contributed by atoms with Crippen LogP contribution >= 0.6 is 0 Å². The van der Waals surface area contributed by atoms with E-state index in [2.05, 4.69) is 5.32 Å². The van der Waals surface area contributed by atoms with Crippen molar-refractivity contribution < 1.29 is 31.9 Å². The van der Waals surface area contributed by atoms with Crippen LogP contribution in [0.4, 0.5) is 10.1 Å². The molecule has 0 radical (unpaired) electrons. The van der Waals surface area contributed by atoms with Gasteiger partial charge >= 0.3 is 0 Å². The molecule has 0 saturated carbocycles. The first-order chi connectivity index (χ1) is 21.7. The van der Waals surface area contributed by atoms with Crippen LogP contribution in [0.3, 0.4) is 0 Å². The average molecular weight is 634 g/mol. The largest absolute Gasteiger partial charge is 0.493 e. The molecular weight excluding hydrogens is 597 g/mol. The molecule has 0 aliphatic carbocycles. The highest BCUT2D eigenvalue weighted by molar-refractivity contribution is 7.92. The molecule has 45 heavy (non-hydrogen) atoms. The van der Waals surface area contributed by atoms with Crippen LogP contribution < -0.4 is 19.1 Å². The molecule has 0 aliphatic rings. The Balaban J connectivity index is 1.83. The predicted molar refractivity (Wildman–Crippen MR) is 170 cm³/mol. The SMILES string of the molecule is CCNC(=O)C(Cc1ccccc1)N(Cc1ccccc1F)C(=O)CN(c1ccc(OC)c(OC)c1)S(=O)(=O)c1ccccc1. The minimum absolute atomic E-state index is 0.0437. The Bertz CT molecular complexity index is 1700. The smallest absolute Gasteiger partial charge is 0.264 e. The number of anilines is 1. The van der Waals surface area contributed by atoms with Gasteiger partial charge in [-0.05, 0) is 42.8 Å². The fraction of sp³-hybridized carbons (Fsp3) is 0.235. The van der Waals surface area contributed by atoms with Crippen LogP contribution in [0.15, 0.2) is 108 Å². The number of sulfonamides is 1. The number of carbonyl (C=O) groups is 2. The Labute approximate surface area is 263 Å². The number of rotatable bonds is 14. The standard InChI is InChI=1S/C34H36FN3O6S/c1-4-36-34(40)30(21-25-13-7-5-8-14-25)37(23-26-15-11-12-18-29(26)35)33(39)24-38(45(41,42)28-16-9-6-10-17-28)27-19-20-31(43-2)32(22-27)44-3/h5-20,22,30H,4,21,23-24H2,1-3H3,(H,36,40). The van der Waals surface area contributed by atoms with E-state index in [0.29, 0.717) is 12.3 Å². The molecule has 0 aromatic heterocycles. The fourth-order valence-corrected chi connectivity index (χ4v) is 6.31. The van der Waals surface area contributed by atoms with Crippen LogP contribution in [0.1, 0.15) is 18.1 Å². The van der Waals surface area contributed by atoms with Crippen molar-refractivity contribution in [2.75, 3.05) is 31.6 Å². The van der Waals surface area contributed by atoms with Crippen LogP contribution in [0, 0.1) is 5.82 Å². The summed E-state index contributed by atoms with van der Waals surface area (Å²) in [6.45, 7) is 1.09. The number of hydrogen-bond donors (Lipinski definition) is 1. The molecule has 1 atom stereocenters. The fourth-order valence-electron chi connectivity index (χ4n) is 4.88. The van der Waals surface area contributed by atoms with Gasteiger partial charge in [-0.25, -0.2) is 12.8 Å². The van der Waals surface area contributed by atoms with Crippen LogP contribution in [-0.4, -0.2) is 58.5 Å². The number of halogens is 1. The minimum Gasteiger partial charge on any atom is -0.493 e. The van der Waals surface area contributed by atoms with Crippen LogP contribution in [0.2, 0.25) is 0 Å². The third-order valence-corrected chi connectivity index (χ3v) is 8.97. The third-order valence-electron chi connectivity index (χ3n) is 7.19. The van der Waals surface area contributed by atoms with Gasteiger partial charge < -0.3 is 19.7 Å². The van der Waals surface area contributed by atoms with Crippen molar-refractivity contribution in [2.24, 2.45) is 0 Å². The molecular formula is C34H36FN3O6S. The zero-order chi connectivity index (χ0) is 32.4. The highest BCUT2D eigenvalue weighted by Gasteiger charge is 2.35. The van der Waals surface area contributed by atoms with Gasteiger partial charge in [-0.15, -0.1) is 0 Å². The Hall–Kier alpha value is -4.90. The highest BCUT2D eigenvalue weighted by Crippen LogP contribution is 2.34. The zero-order valence-corrected chi connectivity index (χ0v) is 26.2. The Morgan fingerprint density at radius 1 is 0.844 bits per heavy atom. The second-order valence-corrected chi connectivity index (χ2v) is 11.9. The van der Waals surface area contributed by atoms with Gasteiger partial charge in [0, 0.05) is 31.1 Å². The van der Waals surface area contributed by atoms with Crippen molar-refractivity contribution in [1.82, 2.24) is 10.2 Å². The van der Waals surface area contributed by atoms with Gasteiger partial charge in [0.25, 0.3) is 10.0 Å². The first-order valence-electron chi connectivity index (χ1n) is 14.3. The summed E-state index contributed by atoms with van der Waals surface area (Å²) in [6, 6.07) is 26.2. The van der Waals surface area contributed by atoms with Gasteiger partial charge in [-0.2, -0.15) is 0 Å². The zero-order valence-electron chi connectivity index (χ0n) is 25.4. The van der Waals surface area contributed by atoms with Crippen molar-refractivity contribution in [1.29, 1.82) is 0 Å². The number of nitrogens with zero attached hydrogens (tertiary/aromatic N) is 2. The van der Waals surface area contributed by atoms with E-state index in [1.165, 1.54) is 67.7 Å². The van der Waals surface area contributed by atoms with Gasteiger partial charge in [0.1, 0.15) is 18.4 Å². The Morgan fingerprint density at radius 3 is 2.09 bits per heavy atom. The number of methoxy groups -OCH3 is 2. The molecule has 0 saturated heterocycles. The summed E-state index contributed by atoms with van der Waals surface area (Å²) in [5, 5.41) is 2.78. The lowest BCUT2D eigenvalue weighted by molar-refractivity contribution is -0.140. The van der Waals surface area contributed by atoms with E-state index in [-0.39, 0.29) is 34.9 Å². The molecule has 0 fully saturated rings. The van der Waals surface area contributed by atoms with E-state index in [4.69, 9.17) is 9.47 Å². The summed E-state index contributed by atoms with van der Waals surface area (Å²) >= 11 is 0. The first-order valence-corrected chi connectivity index (χ1v) is 15.8. The summed E-state index contributed by atoms with van der Waals surface area (Å²) in [7, 11) is -1.44. The van der Waals surface area contributed by atoms with Gasteiger partial charge in [-0.1, -0.05) is 66.7 Å². The van der Waals surface area contributed by atoms with Crippen LogP contribution in [0.5, 0.6) is 11.5 Å². The van der Waals surface area contributed by atoms with Crippen LogP contribution in [0.25, 0.3) is 0 Å². The summed E-state index contributed by atoms with van der Waals surface area (Å²) < 4.78 is 54.9. The molecule has 0 aliphatic heterocycles. The summed E-state index contributed by atoms with van der Waals surface area (Å²) in [5.41, 5.74) is 1.08. The van der Waals surface area contributed by atoms with Gasteiger partial charge in [0.05, 0.1) is 24.8 Å². The number of hydrogen-bond acceptors (Lipinski definition) is 6. The van der Waals surface area contributed by atoms with Crippen molar-refractivity contribution in [3.05, 3.63) is 120 Å². The summed E-state index contributed by atoms with van der Waals surface area (Å²) in [6.07, 6.45) is 0.120.